The standard InChI is InChI=1S/C24H41N3/c1-21(26-17-12-18-27-22(2)19-24(3,4)5)13-8-7-11-16-25-20-23-14-9-6-10-15-23/h6,9-10,14-15,25-27H,1-2,7-8,11-13,16-20H2,3-5H3. The van der Waals surface area contributed by atoms with Crippen LogP contribution in [0.25, 0.3) is 0 Å². The second kappa shape index (κ2) is 13.4. The summed E-state index contributed by atoms with van der Waals surface area (Å²) in [5.41, 5.74) is 3.96. The fourth-order valence-electron chi connectivity index (χ4n) is 3.00. The molecule has 0 saturated heterocycles. The second-order valence-electron chi connectivity index (χ2n) is 8.62. The summed E-state index contributed by atoms with van der Waals surface area (Å²) >= 11 is 0. The normalized spacial score (nSPS) is 11.2. The molecule has 0 saturated carbocycles. The Kier molecular flexibility index (Phi) is 11.6. The lowest BCUT2D eigenvalue weighted by Gasteiger charge is -2.20. The molecule has 1 rings (SSSR count). The monoisotopic (exact) mass is 371 g/mol. The van der Waals surface area contributed by atoms with E-state index in [4.69, 9.17) is 0 Å². The molecule has 3 heteroatoms. The highest BCUT2D eigenvalue weighted by atomic mass is 14.9. The van der Waals surface area contributed by atoms with Crippen molar-refractivity contribution in [2.24, 2.45) is 5.41 Å². The SMILES string of the molecule is C=C(CCCCCNCc1ccccc1)NCCCNC(=C)CC(C)(C)C. The van der Waals surface area contributed by atoms with E-state index in [2.05, 4.69) is 80.2 Å². The summed E-state index contributed by atoms with van der Waals surface area (Å²) in [6, 6.07) is 10.6. The number of hydrogen-bond acceptors (Lipinski definition) is 3. The van der Waals surface area contributed by atoms with E-state index >= 15 is 0 Å². The molecule has 27 heavy (non-hydrogen) atoms. The van der Waals surface area contributed by atoms with Crippen molar-refractivity contribution < 1.29 is 0 Å². The molecular formula is C24H41N3. The molecule has 152 valence electrons. The van der Waals surface area contributed by atoms with Gasteiger partial charge in [0.1, 0.15) is 0 Å². The fourth-order valence-corrected chi connectivity index (χ4v) is 3.00. The van der Waals surface area contributed by atoms with Crippen molar-refractivity contribution in [1.29, 1.82) is 0 Å². The van der Waals surface area contributed by atoms with Crippen molar-refractivity contribution in [3.05, 3.63) is 60.4 Å². The van der Waals surface area contributed by atoms with Gasteiger partial charge < -0.3 is 16.0 Å². The molecule has 1 aromatic rings. The quantitative estimate of drug-likeness (QED) is 0.363. The van der Waals surface area contributed by atoms with E-state index in [0.717, 1.165) is 51.1 Å². The maximum atomic E-state index is 4.14. The van der Waals surface area contributed by atoms with Crippen molar-refractivity contribution in [2.75, 3.05) is 19.6 Å². The van der Waals surface area contributed by atoms with E-state index < -0.39 is 0 Å². The van der Waals surface area contributed by atoms with E-state index in [1.54, 1.807) is 0 Å². The lowest BCUT2D eigenvalue weighted by Crippen LogP contribution is -2.22. The number of allylic oxidation sites excluding steroid dienone is 2. The Balaban J connectivity index is 1.89. The topological polar surface area (TPSA) is 36.1 Å². The van der Waals surface area contributed by atoms with Gasteiger partial charge in [0.15, 0.2) is 0 Å². The first kappa shape index (κ1) is 23.3. The maximum Gasteiger partial charge on any atom is 0.0205 e. The summed E-state index contributed by atoms with van der Waals surface area (Å²) in [7, 11) is 0. The lowest BCUT2D eigenvalue weighted by atomic mass is 9.91. The highest BCUT2D eigenvalue weighted by Gasteiger charge is 2.11. The number of unbranched alkanes of at least 4 members (excludes halogenated alkanes) is 2. The second-order valence-corrected chi connectivity index (χ2v) is 8.62. The predicted molar refractivity (Wildman–Crippen MR) is 120 cm³/mol. The average Bonchev–Trinajstić information content (AvgIpc) is 2.60. The zero-order valence-corrected chi connectivity index (χ0v) is 17.9. The highest BCUT2D eigenvalue weighted by Crippen LogP contribution is 2.21. The first-order valence-corrected chi connectivity index (χ1v) is 10.4. The Hall–Kier alpha value is -1.74. The Morgan fingerprint density at radius 3 is 2.15 bits per heavy atom. The molecule has 0 aliphatic heterocycles. The van der Waals surface area contributed by atoms with E-state index in [1.165, 1.54) is 30.5 Å². The molecule has 0 bridgehead atoms. The molecular weight excluding hydrogens is 330 g/mol. The molecule has 0 aliphatic carbocycles. The van der Waals surface area contributed by atoms with E-state index in [1.807, 2.05) is 0 Å². The zero-order chi connectivity index (χ0) is 20.0. The number of hydrogen-bond donors (Lipinski definition) is 3. The maximum absolute atomic E-state index is 4.14. The van der Waals surface area contributed by atoms with Crippen LogP contribution in [0.4, 0.5) is 0 Å². The van der Waals surface area contributed by atoms with Crippen molar-refractivity contribution in [3.63, 3.8) is 0 Å². The van der Waals surface area contributed by atoms with Gasteiger partial charge in [-0.15, -0.1) is 0 Å². The lowest BCUT2D eigenvalue weighted by molar-refractivity contribution is 0.398. The third kappa shape index (κ3) is 14.0. The van der Waals surface area contributed by atoms with E-state index in [0.29, 0.717) is 5.41 Å². The molecule has 3 nitrogen and oxygen atoms in total. The van der Waals surface area contributed by atoms with Crippen LogP contribution in [0, 0.1) is 5.41 Å². The van der Waals surface area contributed by atoms with Crippen molar-refractivity contribution >= 4 is 0 Å². The van der Waals surface area contributed by atoms with Crippen LogP contribution >= 0.6 is 0 Å². The summed E-state index contributed by atoms with van der Waals surface area (Å²) in [6.07, 6.45) is 6.86. The summed E-state index contributed by atoms with van der Waals surface area (Å²) < 4.78 is 0. The number of nitrogens with one attached hydrogen (secondary N) is 3. The Bertz CT molecular complexity index is 528. The van der Waals surface area contributed by atoms with Crippen LogP contribution in [0.3, 0.4) is 0 Å². The Labute approximate surface area is 167 Å². The summed E-state index contributed by atoms with van der Waals surface area (Å²) in [5.74, 6) is 0. The first-order chi connectivity index (χ1) is 12.9. The van der Waals surface area contributed by atoms with Gasteiger partial charge >= 0.3 is 0 Å². The van der Waals surface area contributed by atoms with Crippen LogP contribution in [-0.4, -0.2) is 19.6 Å². The van der Waals surface area contributed by atoms with Crippen molar-refractivity contribution in [3.8, 4) is 0 Å². The zero-order valence-electron chi connectivity index (χ0n) is 17.9. The molecule has 1 aromatic carbocycles. The van der Waals surface area contributed by atoms with Crippen LogP contribution in [-0.2, 0) is 6.54 Å². The van der Waals surface area contributed by atoms with Crippen molar-refractivity contribution in [2.45, 2.75) is 65.8 Å². The van der Waals surface area contributed by atoms with Crippen molar-refractivity contribution in [1.82, 2.24) is 16.0 Å². The van der Waals surface area contributed by atoms with Crippen LogP contribution in [0.2, 0.25) is 0 Å². The highest BCUT2D eigenvalue weighted by molar-refractivity contribution is 5.14. The summed E-state index contributed by atoms with van der Waals surface area (Å²) in [6.45, 7) is 19.0. The van der Waals surface area contributed by atoms with Gasteiger partial charge in [-0.3, -0.25) is 0 Å². The minimum Gasteiger partial charge on any atom is -0.389 e. The van der Waals surface area contributed by atoms with Gasteiger partial charge in [0.2, 0.25) is 0 Å². The van der Waals surface area contributed by atoms with Crippen LogP contribution in [0.1, 0.15) is 64.9 Å². The number of benzene rings is 1. The minimum absolute atomic E-state index is 0.299. The molecule has 0 heterocycles. The first-order valence-electron chi connectivity index (χ1n) is 10.4. The van der Waals surface area contributed by atoms with Gasteiger partial charge in [-0.25, -0.2) is 0 Å². The van der Waals surface area contributed by atoms with Gasteiger partial charge in [0.25, 0.3) is 0 Å². The summed E-state index contributed by atoms with van der Waals surface area (Å²) in [4.78, 5) is 0. The van der Waals surface area contributed by atoms with Crippen LogP contribution < -0.4 is 16.0 Å². The fraction of sp³-hybridized carbons (Fsp3) is 0.583. The molecule has 0 radical (unpaired) electrons. The van der Waals surface area contributed by atoms with Gasteiger partial charge in [0.05, 0.1) is 0 Å². The average molecular weight is 372 g/mol. The van der Waals surface area contributed by atoms with Gasteiger partial charge in [-0.05, 0) is 49.6 Å². The Morgan fingerprint density at radius 1 is 0.815 bits per heavy atom. The van der Waals surface area contributed by atoms with Gasteiger partial charge in [0, 0.05) is 31.0 Å². The molecule has 0 amide bonds. The molecule has 0 spiro atoms. The van der Waals surface area contributed by atoms with Gasteiger partial charge in [-0.1, -0.05) is 70.7 Å². The number of rotatable bonds is 15. The molecule has 0 fully saturated rings. The molecule has 0 unspecified atom stereocenters. The van der Waals surface area contributed by atoms with Crippen LogP contribution in [0.15, 0.2) is 54.9 Å². The van der Waals surface area contributed by atoms with E-state index in [9.17, 15) is 0 Å². The van der Waals surface area contributed by atoms with Crippen LogP contribution in [0.5, 0.6) is 0 Å². The largest absolute Gasteiger partial charge is 0.389 e. The molecule has 0 atom stereocenters. The van der Waals surface area contributed by atoms with E-state index in [-0.39, 0.29) is 0 Å². The third-order valence-electron chi connectivity index (χ3n) is 4.35. The minimum atomic E-state index is 0.299. The molecule has 0 aromatic heterocycles. The Morgan fingerprint density at radius 2 is 1.48 bits per heavy atom. The molecule has 3 N–H and O–H groups in total. The van der Waals surface area contributed by atoms with Gasteiger partial charge in [-0.2, -0.15) is 0 Å². The molecule has 0 aliphatic rings. The predicted octanol–water partition coefficient (Wildman–Crippen LogP) is 5.37. The smallest absolute Gasteiger partial charge is 0.0205 e. The summed E-state index contributed by atoms with van der Waals surface area (Å²) in [5, 5.41) is 10.4. The third-order valence-corrected chi connectivity index (χ3v) is 4.35.